The van der Waals surface area contributed by atoms with Crippen molar-refractivity contribution in [2.24, 2.45) is 11.7 Å². The molecule has 0 radical (unpaired) electrons. The number of rotatable bonds is 1. The molecule has 104 valence electrons. The molecule has 1 fully saturated rings. The molecule has 6 heteroatoms. The van der Waals surface area contributed by atoms with Crippen molar-refractivity contribution < 1.29 is 18.0 Å². The Morgan fingerprint density at radius 3 is 2.58 bits per heavy atom. The molecule has 2 N–H and O–H groups in total. The average Bonchev–Trinajstić information content (AvgIpc) is 2.68. The Labute approximate surface area is 109 Å². The zero-order valence-electron chi connectivity index (χ0n) is 10.4. The van der Waals surface area contributed by atoms with E-state index in [9.17, 15) is 18.0 Å². The summed E-state index contributed by atoms with van der Waals surface area (Å²) >= 11 is 0. The largest absolute Gasteiger partial charge is 0.416 e. The zero-order valence-corrected chi connectivity index (χ0v) is 10.4. The molecule has 2 unspecified atom stereocenters. The molecule has 2 atom stereocenters. The van der Waals surface area contributed by atoms with E-state index in [1.807, 2.05) is 6.92 Å². The molecule has 1 aliphatic rings. The predicted octanol–water partition coefficient (Wildman–Crippen LogP) is 2.12. The average molecular weight is 272 g/mol. The molecule has 1 heterocycles. The van der Waals surface area contributed by atoms with Gasteiger partial charge in [0.05, 0.1) is 5.56 Å². The first-order valence-electron chi connectivity index (χ1n) is 6.01. The second-order valence-electron chi connectivity index (χ2n) is 4.93. The van der Waals surface area contributed by atoms with Crippen LogP contribution in [0.25, 0.3) is 0 Å². The number of nitrogens with zero attached hydrogens (tertiary/aromatic N) is 1. The first-order valence-corrected chi connectivity index (χ1v) is 6.01. The van der Waals surface area contributed by atoms with E-state index in [1.165, 1.54) is 17.0 Å². The number of benzene rings is 1. The smallest absolute Gasteiger partial charge is 0.337 e. The highest BCUT2D eigenvalue weighted by Crippen LogP contribution is 2.30. The van der Waals surface area contributed by atoms with Crippen LogP contribution in [0.15, 0.2) is 24.3 Å². The lowest BCUT2D eigenvalue weighted by Crippen LogP contribution is -2.32. The second-order valence-corrected chi connectivity index (χ2v) is 4.93. The summed E-state index contributed by atoms with van der Waals surface area (Å²) in [7, 11) is 0. The van der Waals surface area contributed by atoms with Crippen molar-refractivity contribution in [2.45, 2.75) is 19.1 Å². The van der Waals surface area contributed by atoms with Gasteiger partial charge in [-0.3, -0.25) is 4.79 Å². The minimum absolute atomic E-state index is 0.0520. The highest BCUT2D eigenvalue weighted by molar-refractivity contribution is 5.94. The molecule has 1 aromatic carbocycles. The van der Waals surface area contributed by atoms with E-state index in [2.05, 4.69) is 0 Å². The molecule has 0 spiro atoms. The van der Waals surface area contributed by atoms with Crippen LogP contribution in [0.3, 0.4) is 0 Å². The topological polar surface area (TPSA) is 46.3 Å². The number of alkyl halides is 3. The number of halogens is 3. The van der Waals surface area contributed by atoms with Crippen molar-refractivity contribution >= 4 is 5.91 Å². The normalized spacial score (nSPS) is 23.7. The van der Waals surface area contributed by atoms with E-state index < -0.39 is 17.6 Å². The van der Waals surface area contributed by atoms with Gasteiger partial charge in [0.1, 0.15) is 0 Å². The van der Waals surface area contributed by atoms with Gasteiger partial charge < -0.3 is 10.6 Å². The van der Waals surface area contributed by atoms with Crippen LogP contribution in [0, 0.1) is 5.92 Å². The molecule has 3 nitrogen and oxygen atoms in total. The van der Waals surface area contributed by atoms with E-state index in [4.69, 9.17) is 5.73 Å². The second kappa shape index (κ2) is 4.85. The van der Waals surface area contributed by atoms with Gasteiger partial charge in [-0.2, -0.15) is 13.2 Å². The van der Waals surface area contributed by atoms with Crippen molar-refractivity contribution in [3.05, 3.63) is 35.4 Å². The zero-order chi connectivity index (χ0) is 14.2. The maximum Gasteiger partial charge on any atom is 0.416 e. The number of nitrogens with two attached hydrogens (primary N) is 1. The van der Waals surface area contributed by atoms with Gasteiger partial charge in [0.2, 0.25) is 0 Å². The number of likely N-dealkylation sites (tertiary alicyclic amines) is 1. The van der Waals surface area contributed by atoms with Crippen molar-refractivity contribution in [3.8, 4) is 0 Å². The van der Waals surface area contributed by atoms with E-state index in [0.717, 1.165) is 12.1 Å². The lowest BCUT2D eigenvalue weighted by Gasteiger charge is -2.16. The highest BCUT2D eigenvalue weighted by Gasteiger charge is 2.33. The SMILES string of the molecule is CC1CN(C(=O)c2cccc(C(F)(F)F)c2)CC1N. The van der Waals surface area contributed by atoms with Crippen LogP contribution in [-0.4, -0.2) is 29.9 Å². The third-order valence-electron chi connectivity index (χ3n) is 3.39. The third-order valence-corrected chi connectivity index (χ3v) is 3.39. The van der Waals surface area contributed by atoms with Crippen LogP contribution >= 0.6 is 0 Å². The Balaban J connectivity index is 2.21. The quantitative estimate of drug-likeness (QED) is 0.851. The van der Waals surface area contributed by atoms with Gasteiger partial charge in [0.15, 0.2) is 0 Å². The maximum absolute atomic E-state index is 12.6. The summed E-state index contributed by atoms with van der Waals surface area (Å²) in [6, 6.07) is 4.36. The molecular formula is C13H15F3N2O. The summed E-state index contributed by atoms with van der Waals surface area (Å²) < 4.78 is 37.8. The van der Waals surface area contributed by atoms with E-state index in [1.54, 1.807) is 0 Å². The van der Waals surface area contributed by atoms with Crippen LogP contribution in [-0.2, 0) is 6.18 Å². The maximum atomic E-state index is 12.6. The summed E-state index contributed by atoms with van der Waals surface area (Å²) in [5.74, 6) is -0.236. The fraction of sp³-hybridized carbons (Fsp3) is 0.462. The Kier molecular flexibility index (Phi) is 3.54. The molecule has 0 saturated carbocycles. The molecule has 0 bridgehead atoms. The van der Waals surface area contributed by atoms with E-state index in [-0.39, 0.29) is 17.5 Å². The molecule has 1 saturated heterocycles. The Bertz CT molecular complexity index is 477. The van der Waals surface area contributed by atoms with Gasteiger partial charge in [-0.1, -0.05) is 13.0 Å². The number of hydrogen-bond donors (Lipinski definition) is 1. The minimum Gasteiger partial charge on any atom is -0.337 e. The first kappa shape index (κ1) is 13.9. The Morgan fingerprint density at radius 1 is 1.37 bits per heavy atom. The molecule has 1 aromatic rings. The number of amides is 1. The van der Waals surface area contributed by atoms with Crippen LogP contribution in [0.4, 0.5) is 13.2 Å². The van der Waals surface area contributed by atoms with Crippen molar-refractivity contribution in [1.29, 1.82) is 0 Å². The summed E-state index contributed by atoms with van der Waals surface area (Å²) in [6.45, 7) is 2.79. The fourth-order valence-electron chi connectivity index (χ4n) is 2.17. The predicted molar refractivity (Wildman–Crippen MR) is 64.5 cm³/mol. The van der Waals surface area contributed by atoms with Crippen molar-refractivity contribution in [1.82, 2.24) is 4.90 Å². The lowest BCUT2D eigenvalue weighted by molar-refractivity contribution is -0.137. The summed E-state index contributed by atoms with van der Waals surface area (Å²) in [5, 5.41) is 0. The highest BCUT2D eigenvalue weighted by atomic mass is 19.4. The Morgan fingerprint density at radius 2 is 2.05 bits per heavy atom. The van der Waals surface area contributed by atoms with Gasteiger partial charge in [-0.25, -0.2) is 0 Å². The van der Waals surface area contributed by atoms with Gasteiger partial charge >= 0.3 is 6.18 Å². The number of carbonyl (C=O) groups is 1. The summed E-state index contributed by atoms with van der Waals surface area (Å²) in [6.07, 6.45) is -4.44. The van der Waals surface area contributed by atoms with Gasteiger partial charge in [-0.05, 0) is 24.1 Å². The summed E-state index contributed by atoms with van der Waals surface area (Å²) in [5.41, 5.74) is 5.05. The molecular weight excluding hydrogens is 257 g/mol. The Hall–Kier alpha value is -1.56. The fourth-order valence-corrected chi connectivity index (χ4v) is 2.17. The molecule has 0 aromatic heterocycles. The molecule has 1 aliphatic heterocycles. The molecule has 2 rings (SSSR count). The minimum atomic E-state index is -4.44. The van der Waals surface area contributed by atoms with Crippen molar-refractivity contribution in [2.75, 3.05) is 13.1 Å². The third kappa shape index (κ3) is 2.89. The molecule has 0 aliphatic carbocycles. The number of hydrogen-bond acceptors (Lipinski definition) is 2. The van der Waals surface area contributed by atoms with Crippen LogP contribution in [0.2, 0.25) is 0 Å². The van der Waals surface area contributed by atoms with E-state index >= 15 is 0 Å². The first-order chi connectivity index (χ1) is 8.79. The van der Waals surface area contributed by atoms with Gasteiger partial charge in [-0.15, -0.1) is 0 Å². The lowest BCUT2D eigenvalue weighted by atomic mass is 10.1. The summed E-state index contributed by atoms with van der Waals surface area (Å²) in [4.78, 5) is 13.6. The van der Waals surface area contributed by atoms with Crippen molar-refractivity contribution in [3.63, 3.8) is 0 Å². The van der Waals surface area contributed by atoms with Gasteiger partial charge in [0, 0.05) is 24.7 Å². The molecule has 1 amide bonds. The number of carbonyl (C=O) groups excluding carboxylic acids is 1. The monoisotopic (exact) mass is 272 g/mol. The van der Waals surface area contributed by atoms with Crippen LogP contribution in [0.1, 0.15) is 22.8 Å². The van der Waals surface area contributed by atoms with Crippen LogP contribution < -0.4 is 5.73 Å². The van der Waals surface area contributed by atoms with Crippen LogP contribution in [0.5, 0.6) is 0 Å². The standard InChI is InChI=1S/C13H15F3N2O/c1-8-6-18(7-11(8)17)12(19)9-3-2-4-10(5-9)13(14,15)16/h2-5,8,11H,6-7,17H2,1H3. The van der Waals surface area contributed by atoms with Gasteiger partial charge in [0.25, 0.3) is 5.91 Å². The van der Waals surface area contributed by atoms with E-state index in [0.29, 0.717) is 13.1 Å². The molecule has 19 heavy (non-hydrogen) atoms.